The van der Waals surface area contributed by atoms with Crippen LogP contribution in [0.5, 0.6) is 5.75 Å². The van der Waals surface area contributed by atoms with Gasteiger partial charge in [0.2, 0.25) is 0 Å². The Balaban J connectivity index is 2.28. The van der Waals surface area contributed by atoms with Gasteiger partial charge < -0.3 is 15.2 Å². The fourth-order valence-electron chi connectivity index (χ4n) is 1.97. The molecule has 0 saturated heterocycles. The van der Waals surface area contributed by atoms with Crippen molar-refractivity contribution in [2.75, 3.05) is 26.1 Å². The van der Waals surface area contributed by atoms with Crippen molar-refractivity contribution in [3.05, 3.63) is 41.6 Å². The molecule has 1 heterocycles. The van der Waals surface area contributed by atoms with Crippen molar-refractivity contribution in [1.82, 2.24) is 15.6 Å². The number of para-hydroxylation sites is 1. The van der Waals surface area contributed by atoms with Crippen molar-refractivity contribution in [3.63, 3.8) is 0 Å². The molecule has 0 amide bonds. The number of nitrogens with zero attached hydrogens (tertiary/aromatic N) is 1. The van der Waals surface area contributed by atoms with Gasteiger partial charge in [-0.2, -0.15) is 5.10 Å². The summed E-state index contributed by atoms with van der Waals surface area (Å²) in [5, 5.41) is 6.61. The van der Waals surface area contributed by atoms with Gasteiger partial charge in [-0.25, -0.2) is 5.43 Å². The maximum Gasteiger partial charge on any atom is 0.124 e. The van der Waals surface area contributed by atoms with E-state index in [0.29, 0.717) is 19.0 Å². The van der Waals surface area contributed by atoms with Gasteiger partial charge in [-0.05, 0) is 6.07 Å². The third kappa shape index (κ3) is 3.08. The highest BCUT2D eigenvalue weighted by molar-refractivity contribution is 5.48. The number of hydrazine groups is 1. The Morgan fingerprint density at radius 1 is 1.30 bits per heavy atom. The number of H-pyrrole nitrogens is 1. The first-order valence-corrected chi connectivity index (χ1v) is 6.23. The van der Waals surface area contributed by atoms with Crippen molar-refractivity contribution in [3.8, 4) is 5.75 Å². The van der Waals surface area contributed by atoms with Crippen molar-refractivity contribution >= 4 is 5.82 Å². The molecular weight excluding hydrogens is 258 g/mol. The van der Waals surface area contributed by atoms with Crippen LogP contribution in [0.2, 0.25) is 0 Å². The molecule has 0 aliphatic rings. The van der Waals surface area contributed by atoms with Crippen molar-refractivity contribution < 1.29 is 9.47 Å². The molecule has 0 aliphatic heterocycles. The fraction of sp³-hybridized carbons (Fsp3) is 0.308. The number of ether oxygens (including phenoxy) is 2. The number of nitrogen functional groups attached to an aromatic ring is 1. The minimum absolute atomic E-state index is 0.299. The molecule has 108 valence electrons. The van der Waals surface area contributed by atoms with E-state index in [1.807, 2.05) is 24.3 Å². The highest BCUT2D eigenvalue weighted by Crippen LogP contribution is 2.31. The van der Waals surface area contributed by atoms with E-state index in [4.69, 9.17) is 21.1 Å². The molecule has 7 nitrogen and oxygen atoms in total. The van der Waals surface area contributed by atoms with E-state index in [2.05, 4.69) is 15.6 Å². The van der Waals surface area contributed by atoms with E-state index in [1.165, 1.54) is 0 Å². The van der Waals surface area contributed by atoms with Crippen LogP contribution >= 0.6 is 0 Å². The summed E-state index contributed by atoms with van der Waals surface area (Å²) >= 11 is 0. The molecule has 7 heteroatoms. The summed E-state index contributed by atoms with van der Waals surface area (Å²) in [7, 11) is 1.63. The molecule has 1 aromatic heterocycles. The smallest absolute Gasteiger partial charge is 0.124 e. The molecular formula is C13H19N5O2. The normalized spacial score (nSPS) is 12.3. The van der Waals surface area contributed by atoms with Crippen LogP contribution in [0.4, 0.5) is 5.82 Å². The summed E-state index contributed by atoms with van der Waals surface area (Å²) in [4.78, 5) is 0. The molecule has 6 N–H and O–H groups in total. The summed E-state index contributed by atoms with van der Waals surface area (Å²) in [6.07, 6.45) is 1.64. The predicted molar refractivity (Wildman–Crippen MR) is 76.0 cm³/mol. The average Bonchev–Trinajstić information content (AvgIpc) is 2.88. The lowest BCUT2D eigenvalue weighted by Gasteiger charge is -2.19. The molecule has 2 rings (SSSR count). The summed E-state index contributed by atoms with van der Waals surface area (Å²) in [6.45, 7) is 0.981. The zero-order valence-electron chi connectivity index (χ0n) is 11.3. The maximum absolute atomic E-state index is 5.85. The summed E-state index contributed by atoms with van der Waals surface area (Å²) < 4.78 is 10.7. The Morgan fingerprint density at radius 3 is 2.75 bits per heavy atom. The van der Waals surface area contributed by atoms with Crippen LogP contribution < -0.4 is 21.7 Å². The van der Waals surface area contributed by atoms with Crippen LogP contribution in [-0.2, 0) is 4.74 Å². The van der Waals surface area contributed by atoms with Gasteiger partial charge >= 0.3 is 0 Å². The average molecular weight is 277 g/mol. The molecule has 0 radical (unpaired) electrons. The van der Waals surface area contributed by atoms with Gasteiger partial charge in [0.25, 0.3) is 0 Å². The first-order valence-electron chi connectivity index (χ1n) is 6.23. The minimum atomic E-state index is -0.299. The minimum Gasteiger partial charge on any atom is -0.491 e. The van der Waals surface area contributed by atoms with Gasteiger partial charge in [-0.1, -0.05) is 18.2 Å². The molecule has 1 atom stereocenters. The largest absolute Gasteiger partial charge is 0.491 e. The first-order chi connectivity index (χ1) is 9.77. The highest BCUT2D eigenvalue weighted by Gasteiger charge is 2.20. The summed E-state index contributed by atoms with van der Waals surface area (Å²) in [6, 6.07) is 7.33. The van der Waals surface area contributed by atoms with Gasteiger partial charge in [0.1, 0.15) is 18.2 Å². The monoisotopic (exact) mass is 277 g/mol. The molecule has 20 heavy (non-hydrogen) atoms. The van der Waals surface area contributed by atoms with Crippen LogP contribution in [0.1, 0.15) is 17.2 Å². The Kier molecular flexibility index (Phi) is 4.94. The summed E-state index contributed by atoms with van der Waals surface area (Å²) in [5.74, 6) is 6.86. The molecule has 0 fully saturated rings. The third-order valence-electron chi connectivity index (χ3n) is 2.95. The van der Waals surface area contributed by atoms with E-state index in [-0.39, 0.29) is 6.04 Å². The molecule has 1 aromatic carbocycles. The number of rotatable bonds is 7. The molecule has 0 aliphatic carbocycles. The topological polar surface area (TPSA) is 111 Å². The summed E-state index contributed by atoms with van der Waals surface area (Å²) in [5.41, 5.74) is 10.3. The standard InChI is InChI=1S/C13H19N5O2/c1-19-6-7-20-11-5-3-2-4-9(11)12(17-15)10-8-16-18-13(10)14/h2-5,8,12,17H,6-7,15H2,1H3,(H3,14,16,18). The highest BCUT2D eigenvalue weighted by atomic mass is 16.5. The zero-order chi connectivity index (χ0) is 14.4. The van der Waals surface area contributed by atoms with Gasteiger partial charge in [-0.15, -0.1) is 0 Å². The number of methoxy groups -OCH3 is 1. The lowest BCUT2D eigenvalue weighted by molar-refractivity contribution is 0.145. The molecule has 0 bridgehead atoms. The van der Waals surface area contributed by atoms with Gasteiger partial charge in [-0.3, -0.25) is 10.9 Å². The number of benzene rings is 1. The first kappa shape index (κ1) is 14.3. The Labute approximate surface area is 117 Å². The zero-order valence-corrected chi connectivity index (χ0v) is 11.3. The number of nitrogens with one attached hydrogen (secondary N) is 2. The number of hydrogen-bond acceptors (Lipinski definition) is 6. The second-order valence-electron chi connectivity index (χ2n) is 4.22. The number of aromatic nitrogens is 2. The number of anilines is 1. The second-order valence-corrected chi connectivity index (χ2v) is 4.22. The van der Waals surface area contributed by atoms with Crippen LogP contribution in [0.25, 0.3) is 0 Å². The predicted octanol–water partition coefficient (Wildman–Crippen LogP) is 0.570. The molecule has 0 spiro atoms. The number of nitrogens with two attached hydrogens (primary N) is 2. The van der Waals surface area contributed by atoms with Gasteiger partial charge in [0.05, 0.1) is 18.8 Å². The van der Waals surface area contributed by atoms with Crippen LogP contribution in [0.3, 0.4) is 0 Å². The lowest BCUT2D eigenvalue weighted by atomic mass is 10.0. The van der Waals surface area contributed by atoms with E-state index in [0.717, 1.165) is 16.9 Å². The van der Waals surface area contributed by atoms with Crippen LogP contribution in [-0.4, -0.2) is 30.5 Å². The number of hydrogen-bond donors (Lipinski definition) is 4. The van der Waals surface area contributed by atoms with Crippen LogP contribution in [0, 0.1) is 0 Å². The second kappa shape index (κ2) is 6.90. The quantitative estimate of drug-likeness (QED) is 0.334. The van der Waals surface area contributed by atoms with Crippen molar-refractivity contribution in [2.45, 2.75) is 6.04 Å². The Hall–Kier alpha value is -2.09. The van der Waals surface area contributed by atoms with E-state index in [9.17, 15) is 0 Å². The van der Waals surface area contributed by atoms with Crippen LogP contribution in [0.15, 0.2) is 30.5 Å². The third-order valence-corrected chi connectivity index (χ3v) is 2.95. The number of aromatic amines is 1. The maximum atomic E-state index is 5.85. The Bertz CT molecular complexity index is 543. The lowest BCUT2D eigenvalue weighted by Crippen LogP contribution is -2.29. The fourth-order valence-corrected chi connectivity index (χ4v) is 1.97. The SMILES string of the molecule is COCCOc1ccccc1C(NN)c1cn[nH]c1N. The van der Waals surface area contributed by atoms with Crippen molar-refractivity contribution in [2.24, 2.45) is 5.84 Å². The Morgan fingerprint density at radius 2 is 2.10 bits per heavy atom. The van der Waals surface area contributed by atoms with E-state index < -0.39 is 0 Å². The molecule has 2 aromatic rings. The van der Waals surface area contributed by atoms with Gasteiger partial charge in [0, 0.05) is 18.2 Å². The van der Waals surface area contributed by atoms with Crippen molar-refractivity contribution in [1.29, 1.82) is 0 Å². The van der Waals surface area contributed by atoms with Gasteiger partial charge in [0.15, 0.2) is 0 Å². The molecule has 1 unspecified atom stereocenters. The van der Waals surface area contributed by atoms with E-state index in [1.54, 1.807) is 13.3 Å². The molecule has 0 saturated carbocycles. The van der Waals surface area contributed by atoms with E-state index >= 15 is 0 Å².